The normalized spacial score (nSPS) is 17.7. The van der Waals surface area contributed by atoms with E-state index >= 15 is 0 Å². The van der Waals surface area contributed by atoms with E-state index in [2.05, 4.69) is 4.98 Å². The van der Waals surface area contributed by atoms with Crippen LogP contribution in [0.15, 0.2) is 30.1 Å². The fraction of sp³-hybridized carbons (Fsp3) is 0.333. The second-order valence-electron chi connectivity index (χ2n) is 3.94. The van der Waals surface area contributed by atoms with Crippen molar-refractivity contribution in [2.75, 3.05) is 14.1 Å². The van der Waals surface area contributed by atoms with Gasteiger partial charge >= 0.3 is 0 Å². The summed E-state index contributed by atoms with van der Waals surface area (Å²) in [5.41, 5.74) is 2.57. The van der Waals surface area contributed by atoms with E-state index in [0.717, 1.165) is 29.7 Å². The summed E-state index contributed by atoms with van der Waals surface area (Å²) in [7, 11) is 3.86. The second kappa shape index (κ2) is 3.85. The predicted molar refractivity (Wildman–Crippen MR) is 58.7 cm³/mol. The first-order valence-electron chi connectivity index (χ1n) is 5.04. The van der Waals surface area contributed by atoms with Crippen molar-refractivity contribution in [2.45, 2.75) is 12.8 Å². The van der Waals surface area contributed by atoms with E-state index < -0.39 is 0 Å². The number of hydrogen-bond acceptors (Lipinski definition) is 3. The number of fused-ring (bicyclic) bond motifs is 1. The molecule has 0 saturated heterocycles. The van der Waals surface area contributed by atoms with Gasteiger partial charge in [-0.2, -0.15) is 0 Å². The van der Waals surface area contributed by atoms with Crippen LogP contribution >= 0.6 is 0 Å². The minimum atomic E-state index is 0.123. The SMILES string of the molecule is CN(C)/C=C1/CCc2ncccc2C1=O. The number of pyridine rings is 1. The van der Waals surface area contributed by atoms with Crippen molar-refractivity contribution < 1.29 is 4.79 Å². The molecule has 0 saturated carbocycles. The van der Waals surface area contributed by atoms with Gasteiger partial charge in [-0.15, -0.1) is 0 Å². The summed E-state index contributed by atoms with van der Waals surface area (Å²) in [4.78, 5) is 18.2. The lowest BCUT2D eigenvalue weighted by atomic mass is 9.91. The lowest BCUT2D eigenvalue weighted by Crippen LogP contribution is -2.17. The first-order valence-corrected chi connectivity index (χ1v) is 5.04. The number of aromatic nitrogens is 1. The van der Waals surface area contributed by atoms with Crippen molar-refractivity contribution >= 4 is 5.78 Å². The third-order valence-electron chi connectivity index (χ3n) is 2.47. The molecule has 3 nitrogen and oxygen atoms in total. The molecule has 0 bridgehead atoms. The topological polar surface area (TPSA) is 33.2 Å². The van der Waals surface area contributed by atoms with Crippen molar-refractivity contribution in [2.24, 2.45) is 0 Å². The Bertz CT molecular complexity index is 421. The summed E-state index contributed by atoms with van der Waals surface area (Å²) in [5.74, 6) is 0.123. The van der Waals surface area contributed by atoms with Crippen LogP contribution in [0.2, 0.25) is 0 Å². The molecular weight excluding hydrogens is 188 g/mol. The Labute approximate surface area is 89.4 Å². The number of rotatable bonds is 1. The molecule has 0 fully saturated rings. The van der Waals surface area contributed by atoms with E-state index in [9.17, 15) is 4.79 Å². The van der Waals surface area contributed by atoms with Crippen LogP contribution in [0, 0.1) is 0 Å². The maximum absolute atomic E-state index is 12.0. The molecule has 0 radical (unpaired) electrons. The number of aryl methyl sites for hydroxylation is 1. The molecule has 1 aliphatic rings. The van der Waals surface area contributed by atoms with Gasteiger partial charge in [0.25, 0.3) is 0 Å². The maximum Gasteiger partial charge on any atom is 0.192 e. The standard InChI is InChI=1S/C12H14N2O/c1-14(2)8-9-5-6-11-10(12(9)15)4-3-7-13-11/h3-4,7-8H,5-6H2,1-2H3/b9-8-. The Hall–Kier alpha value is -1.64. The van der Waals surface area contributed by atoms with Gasteiger partial charge in [0, 0.05) is 37.6 Å². The highest BCUT2D eigenvalue weighted by Gasteiger charge is 2.22. The zero-order valence-corrected chi connectivity index (χ0v) is 9.03. The summed E-state index contributed by atoms with van der Waals surface area (Å²) in [6, 6.07) is 3.67. The average molecular weight is 202 g/mol. The molecule has 1 aromatic rings. The zero-order chi connectivity index (χ0) is 10.8. The smallest absolute Gasteiger partial charge is 0.192 e. The Morgan fingerprint density at radius 3 is 2.93 bits per heavy atom. The van der Waals surface area contributed by atoms with E-state index in [0.29, 0.717) is 0 Å². The molecule has 0 N–H and O–H groups in total. The van der Waals surface area contributed by atoms with Crippen molar-refractivity contribution in [3.8, 4) is 0 Å². The molecule has 1 aromatic heterocycles. The number of allylic oxidation sites excluding steroid dienone is 1. The first-order chi connectivity index (χ1) is 7.18. The number of nitrogens with zero attached hydrogens (tertiary/aromatic N) is 2. The summed E-state index contributed by atoms with van der Waals surface area (Å²) in [6.07, 6.45) is 5.30. The van der Waals surface area contributed by atoms with Gasteiger partial charge in [-0.05, 0) is 25.0 Å². The third kappa shape index (κ3) is 1.91. The number of Topliss-reactive ketones (excluding diaryl/α,β-unsaturated/α-hetero) is 1. The monoisotopic (exact) mass is 202 g/mol. The minimum Gasteiger partial charge on any atom is -0.383 e. The lowest BCUT2D eigenvalue weighted by molar-refractivity contribution is 0.102. The molecule has 0 amide bonds. The highest BCUT2D eigenvalue weighted by atomic mass is 16.1. The van der Waals surface area contributed by atoms with Gasteiger partial charge in [0.15, 0.2) is 5.78 Å². The fourth-order valence-electron chi connectivity index (χ4n) is 1.82. The Balaban J connectivity index is 2.38. The molecule has 0 aromatic carbocycles. The average Bonchev–Trinajstić information content (AvgIpc) is 2.22. The molecule has 0 spiro atoms. The second-order valence-corrected chi connectivity index (χ2v) is 3.94. The van der Waals surface area contributed by atoms with Crippen LogP contribution in [-0.4, -0.2) is 29.8 Å². The third-order valence-corrected chi connectivity index (χ3v) is 2.47. The number of carbonyl (C=O) groups excluding carboxylic acids is 1. The van der Waals surface area contributed by atoms with E-state index in [-0.39, 0.29) is 5.78 Å². The van der Waals surface area contributed by atoms with E-state index in [4.69, 9.17) is 0 Å². The molecule has 0 aliphatic heterocycles. The Morgan fingerprint density at radius 2 is 2.20 bits per heavy atom. The van der Waals surface area contributed by atoms with Crippen molar-refractivity contribution in [1.29, 1.82) is 0 Å². The molecular formula is C12H14N2O. The zero-order valence-electron chi connectivity index (χ0n) is 9.03. The van der Waals surface area contributed by atoms with Gasteiger partial charge in [-0.25, -0.2) is 0 Å². The van der Waals surface area contributed by atoms with Crippen LogP contribution in [0.25, 0.3) is 0 Å². The van der Waals surface area contributed by atoms with Gasteiger partial charge in [0.05, 0.1) is 5.69 Å². The van der Waals surface area contributed by atoms with Crippen LogP contribution in [0.1, 0.15) is 22.5 Å². The summed E-state index contributed by atoms with van der Waals surface area (Å²) in [6.45, 7) is 0. The van der Waals surface area contributed by atoms with Gasteiger partial charge in [-0.1, -0.05) is 0 Å². The molecule has 78 valence electrons. The molecule has 15 heavy (non-hydrogen) atoms. The van der Waals surface area contributed by atoms with Crippen molar-refractivity contribution in [1.82, 2.24) is 9.88 Å². The fourth-order valence-corrected chi connectivity index (χ4v) is 1.82. The summed E-state index contributed by atoms with van der Waals surface area (Å²) >= 11 is 0. The van der Waals surface area contributed by atoms with E-state index in [1.54, 1.807) is 6.20 Å². The number of hydrogen-bond donors (Lipinski definition) is 0. The maximum atomic E-state index is 12.0. The molecule has 0 unspecified atom stereocenters. The van der Waals surface area contributed by atoms with Gasteiger partial charge < -0.3 is 4.90 Å². The van der Waals surface area contributed by atoms with Crippen molar-refractivity contribution in [3.63, 3.8) is 0 Å². The largest absolute Gasteiger partial charge is 0.383 e. The van der Waals surface area contributed by atoms with Crippen molar-refractivity contribution in [3.05, 3.63) is 41.4 Å². The van der Waals surface area contributed by atoms with Crippen LogP contribution in [0.4, 0.5) is 0 Å². The van der Waals surface area contributed by atoms with Crippen LogP contribution in [-0.2, 0) is 6.42 Å². The van der Waals surface area contributed by atoms with Gasteiger partial charge in [-0.3, -0.25) is 9.78 Å². The van der Waals surface area contributed by atoms with Crippen LogP contribution < -0.4 is 0 Å². The quantitative estimate of drug-likeness (QED) is 0.649. The highest BCUT2D eigenvalue weighted by Crippen LogP contribution is 2.23. The Morgan fingerprint density at radius 1 is 1.40 bits per heavy atom. The van der Waals surface area contributed by atoms with Gasteiger partial charge in [0.2, 0.25) is 0 Å². The van der Waals surface area contributed by atoms with E-state index in [1.807, 2.05) is 37.3 Å². The molecule has 3 heteroatoms. The lowest BCUT2D eigenvalue weighted by Gasteiger charge is -2.17. The Kier molecular flexibility index (Phi) is 2.54. The van der Waals surface area contributed by atoms with Crippen LogP contribution in [0.3, 0.4) is 0 Å². The highest BCUT2D eigenvalue weighted by molar-refractivity contribution is 6.10. The van der Waals surface area contributed by atoms with Crippen LogP contribution in [0.5, 0.6) is 0 Å². The van der Waals surface area contributed by atoms with Gasteiger partial charge in [0.1, 0.15) is 0 Å². The summed E-state index contributed by atoms with van der Waals surface area (Å²) < 4.78 is 0. The number of ketones is 1. The minimum absolute atomic E-state index is 0.123. The molecule has 1 aliphatic carbocycles. The van der Waals surface area contributed by atoms with E-state index in [1.165, 1.54) is 0 Å². The molecule has 2 rings (SSSR count). The number of carbonyl (C=O) groups is 1. The summed E-state index contributed by atoms with van der Waals surface area (Å²) in [5, 5.41) is 0. The predicted octanol–water partition coefficient (Wildman–Crippen LogP) is 1.66. The first kappa shape index (κ1) is 9.90. The molecule has 0 atom stereocenters. The molecule has 1 heterocycles.